The van der Waals surface area contributed by atoms with Gasteiger partial charge in [0.2, 0.25) is 0 Å². The SMILES string of the molecule is COc1ccc(Br)c(C(=O)N(C)Cc2ccc(SC)cc2)c1. The number of halogens is 1. The maximum atomic E-state index is 12.6. The highest BCUT2D eigenvalue weighted by atomic mass is 79.9. The minimum absolute atomic E-state index is 0.0419. The maximum absolute atomic E-state index is 12.6. The molecule has 5 heteroatoms. The molecular formula is C17H18BrNO2S. The molecule has 0 bridgehead atoms. The molecule has 0 N–H and O–H groups in total. The number of nitrogens with zero attached hydrogens (tertiary/aromatic N) is 1. The van der Waals surface area contributed by atoms with Gasteiger partial charge < -0.3 is 9.64 Å². The summed E-state index contributed by atoms with van der Waals surface area (Å²) in [4.78, 5) is 15.5. The van der Waals surface area contributed by atoms with E-state index >= 15 is 0 Å². The molecule has 0 aliphatic carbocycles. The van der Waals surface area contributed by atoms with Gasteiger partial charge in [0, 0.05) is 23.0 Å². The lowest BCUT2D eigenvalue weighted by atomic mass is 10.1. The second-order valence-corrected chi connectivity index (χ2v) is 6.59. The Hall–Kier alpha value is -1.46. The summed E-state index contributed by atoms with van der Waals surface area (Å²) in [6, 6.07) is 13.6. The number of ether oxygens (including phenoxy) is 1. The number of hydrogen-bond donors (Lipinski definition) is 0. The monoisotopic (exact) mass is 379 g/mol. The summed E-state index contributed by atoms with van der Waals surface area (Å²) < 4.78 is 5.96. The predicted octanol–water partition coefficient (Wildman–Crippen LogP) is 4.45. The Morgan fingerprint density at radius 1 is 1.23 bits per heavy atom. The van der Waals surface area contributed by atoms with E-state index in [1.165, 1.54) is 4.90 Å². The maximum Gasteiger partial charge on any atom is 0.255 e. The number of amides is 1. The summed E-state index contributed by atoms with van der Waals surface area (Å²) in [5.74, 6) is 0.629. The van der Waals surface area contributed by atoms with Crippen molar-refractivity contribution in [2.24, 2.45) is 0 Å². The first-order valence-corrected chi connectivity index (χ1v) is 8.79. The molecule has 2 rings (SSSR count). The van der Waals surface area contributed by atoms with E-state index in [1.807, 2.05) is 18.4 Å². The third kappa shape index (κ3) is 4.05. The normalized spacial score (nSPS) is 10.4. The number of methoxy groups -OCH3 is 1. The Kier molecular flexibility index (Phi) is 5.91. The lowest BCUT2D eigenvalue weighted by Crippen LogP contribution is -2.26. The highest BCUT2D eigenvalue weighted by Gasteiger charge is 2.16. The van der Waals surface area contributed by atoms with Gasteiger partial charge in [-0.2, -0.15) is 0 Å². The molecule has 22 heavy (non-hydrogen) atoms. The van der Waals surface area contributed by atoms with Gasteiger partial charge in [-0.15, -0.1) is 11.8 Å². The number of carbonyl (C=O) groups excluding carboxylic acids is 1. The van der Waals surface area contributed by atoms with Crippen molar-refractivity contribution in [3.8, 4) is 5.75 Å². The smallest absolute Gasteiger partial charge is 0.255 e. The van der Waals surface area contributed by atoms with Crippen molar-refractivity contribution >= 4 is 33.6 Å². The van der Waals surface area contributed by atoms with E-state index in [1.54, 1.807) is 36.9 Å². The fourth-order valence-electron chi connectivity index (χ4n) is 2.08. The molecule has 1 amide bonds. The van der Waals surface area contributed by atoms with Crippen LogP contribution in [0.2, 0.25) is 0 Å². The summed E-state index contributed by atoms with van der Waals surface area (Å²) in [5.41, 5.74) is 1.70. The first-order chi connectivity index (χ1) is 10.5. The van der Waals surface area contributed by atoms with Gasteiger partial charge in [0.05, 0.1) is 12.7 Å². The molecule has 0 atom stereocenters. The van der Waals surface area contributed by atoms with Crippen molar-refractivity contribution in [1.82, 2.24) is 4.90 Å². The molecule has 116 valence electrons. The predicted molar refractivity (Wildman–Crippen MR) is 94.7 cm³/mol. The van der Waals surface area contributed by atoms with Gasteiger partial charge in [0.1, 0.15) is 5.75 Å². The van der Waals surface area contributed by atoms with Crippen molar-refractivity contribution in [3.63, 3.8) is 0 Å². The minimum Gasteiger partial charge on any atom is -0.497 e. The Balaban J connectivity index is 2.14. The fourth-order valence-corrected chi connectivity index (χ4v) is 2.90. The number of rotatable bonds is 5. The molecule has 2 aromatic carbocycles. The van der Waals surface area contributed by atoms with E-state index in [2.05, 4.69) is 40.2 Å². The topological polar surface area (TPSA) is 29.5 Å². The summed E-state index contributed by atoms with van der Waals surface area (Å²) in [6.07, 6.45) is 2.05. The molecule has 0 unspecified atom stereocenters. The van der Waals surface area contributed by atoms with E-state index < -0.39 is 0 Å². The molecule has 0 heterocycles. The van der Waals surface area contributed by atoms with Crippen molar-refractivity contribution < 1.29 is 9.53 Å². The summed E-state index contributed by atoms with van der Waals surface area (Å²) in [6.45, 7) is 0.567. The highest BCUT2D eigenvalue weighted by Crippen LogP contribution is 2.24. The van der Waals surface area contributed by atoms with Crippen LogP contribution in [-0.2, 0) is 6.54 Å². The van der Waals surface area contributed by atoms with E-state index in [0.29, 0.717) is 17.9 Å². The molecule has 3 nitrogen and oxygen atoms in total. The average molecular weight is 380 g/mol. The molecule has 0 aliphatic rings. The van der Waals surface area contributed by atoms with Gasteiger partial charge in [-0.05, 0) is 58.1 Å². The molecule has 0 spiro atoms. The average Bonchev–Trinajstić information content (AvgIpc) is 2.55. The van der Waals surface area contributed by atoms with Crippen LogP contribution in [0.15, 0.2) is 51.8 Å². The van der Waals surface area contributed by atoms with E-state index in [0.717, 1.165) is 10.0 Å². The van der Waals surface area contributed by atoms with Crippen LogP contribution in [0.1, 0.15) is 15.9 Å². The Morgan fingerprint density at radius 3 is 2.50 bits per heavy atom. The largest absolute Gasteiger partial charge is 0.497 e. The molecule has 0 radical (unpaired) electrons. The number of thioether (sulfide) groups is 1. The standard InChI is InChI=1S/C17H18BrNO2S/c1-19(11-12-4-7-14(22-3)8-5-12)17(20)15-10-13(21-2)6-9-16(15)18/h4-10H,11H2,1-3H3. The molecule has 0 saturated carbocycles. The zero-order chi connectivity index (χ0) is 16.1. The van der Waals surface area contributed by atoms with Crippen LogP contribution < -0.4 is 4.74 Å². The quantitative estimate of drug-likeness (QED) is 0.718. The molecular weight excluding hydrogens is 362 g/mol. The van der Waals surface area contributed by atoms with Crippen LogP contribution >= 0.6 is 27.7 Å². The van der Waals surface area contributed by atoms with Gasteiger partial charge in [-0.1, -0.05) is 12.1 Å². The lowest BCUT2D eigenvalue weighted by Gasteiger charge is -2.18. The van der Waals surface area contributed by atoms with Gasteiger partial charge >= 0.3 is 0 Å². The highest BCUT2D eigenvalue weighted by molar-refractivity contribution is 9.10. The Morgan fingerprint density at radius 2 is 1.91 bits per heavy atom. The van der Waals surface area contributed by atoms with E-state index in [4.69, 9.17) is 4.74 Å². The zero-order valence-electron chi connectivity index (χ0n) is 12.8. The summed E-state index contributed by atoms with van der Waals surface area (Å²) in [5, 5.41) is 0. The lowest BCUT2D eigenvalue weighted by molar-refractivity contribution is 0.0784. The molecule has 0 saturated heterocycles. The zero-order valence-corrected chi connectivity index (χ0v) is 15.2. The van der Waals surface area contributed by atoms with Crippen molar-refractivity contribution in [2.75, 3.05) is 20.4 Å². The third-order valence-corrected chi connectivity index (χ3v) is 4.76. The van der Waals surface area contributed by atoms with Gasteiger partial charge in [0.15, 0.2) is 0 Å². The van der Waals surface area contributed by atoms with Gasteiger partial charge in [-0.3, -0.25) is 4.79 Å². The van der Waals surface area contributed by atoms with Gasteiger partial charge in [0.25, 0.3) is 5.91 Å². The van der Waals surface area contributed by atoms with Crippen LogP contribution in [0.25, 0.3) is 0 Å². The van der Waals surface area contributed by atoms with Crippen LogP contribution in [-0.4, -0.2) is 31.2 Å². The van der Waals surface area contributed by atoms with Crippen LogP contribution in [0.5, 0.6) is 5.75 Å². The van der Waals surface area contributed by atoms with E-state index in [9.17, 15) is 4.79 Å². The van der Waals surface area contributed by atoms with Crippen LogP contribution in [0.4, 0.5) is 0 Å². The summed E-state index contributed by atoms with van der Waals surface area (Å²) in [7, 11) is 3.39. The number of carbonyl (C=O) groups is 1. The van der Waals surface area contributed by atoms with Crippen LogP contribution in [0.3, 0.4) is 0 Å². The van der Waals surface area contributed by atoms with Crippen molar-refractivity contribution in [1.29, 1.82) is 0 Å². The van der Waals surface area contributed by atoms with Crippen molar-refractivity contribution in [3.05, 3.63) is 58.1 Å². The third-order valence-electron chi connectivity index (χ3n) is 3.33. The molecule has 0 fully saturated rings. The first kappa shape index (κ1) is 16.9. The Labute approximate surface area is 143 Å². The molecule has 0 aliphatic heterocycles. The molecule has 0 aromatic heterocycles. The number of hydrogen-bond acceptors (Lipinski definition) is 3. The second kappa shape index (κ2) is 7.70. The summed E-state index contributed by atoms with van der Waals surface area (Å²) >= 11 is 5.13. The van der Waals surface area contributed by atoms with E-state index in [-0.39, 0.29) is 5.91 Å². The van der Waals surface area contributed by atoms with Crippen molar-refractivity contribution in [2.45, 2.75) is 11.4 Å². The first-order valence-electron chi connectivity index (χ1n) is 6.77. The van der Waals surface area contributed by atoms with Gasteiger partial charge in [-0.25, -0.2) is 0 Å². The fraction of sp³-hybridized carbons (Fsp3) is 0.235. The Bertz CT molecular complexity index is 658. The molecule has 2 aromatic rings. The number of benzene rings is 2. The van der Waals surface area contributed by atoms with Crippen LogP contribution in [0, 0.1) is 0 Å². The minimum atomic E-state index is -0.0419. The second-order valence-electron chi connectivity index (χ2n) is 4.86.